The summed E-state index contributed by atoms with van der Waals surface area (Å²) in [5.74, 6) is 2.03. The third-order valence-electron chi connectivity index (χ3n) is 5.19. The molecule has 4 heteroatoms. The number of nitrogens with zero attached hydrogens (tertiary/aromatic N) is 3. The Hall–Kier alpha value is -1.16. The van der Waals surface area contributed by atoms with Crippen molar-refractivity contribution in [3.63, 3.8) is 0 Å². The second kappa shape index (κ2) is 5.91. The second-order valence-corrected chi connectivity index (χ2v) is 6.97. The van der Waals surface area contributed by atoms with Crippen LogP contribution in [0.1, 0.15) is 49.8 Å². The normalized spacial score (nSPS) is 25.7. The zero-order valence-electron chi connectivity index (χ0n) is 12.9. The molecule has 4 nitrogen and oxygen atoms in total. The molecular formula is C17H26N4. The average Bonchev–Trinajstić information content (AvgIpc) is 3.37. The highest BCUT2D eigenvalue weighted by Crippen LogP contribution is 2.30. The van der Waals surface area contributed by atoms with Crippen molar-refractivity contribution in [2.45, 2.75) is 57.4 Å². The SMILES string of the molecule is c1nc2c(c(N3CCCC(CNC4CC4)C3)n1)CCCC2. The van der Waals surface area contributed by atoms with Gasteiger partial charge in [0, 0.05) is 30.4 Å². The first-order chi connectivity index (χ1) is 10.4. The van der Waals surface area contributed by atoms with Crippen LogP contribution in [-0.2, 0) is 12.8 Å². The molecule has 21 heavy (non-hydrogen) atoms. The Labute approximate surface area is 127 Å². The molecule has 1 aromatic heterocycles. The highest BCUT2D eigenvalue weighted by Gasteiger charge is 2.27. The molecular weight excluding hydrogens is 260 g/mol. The first kappa shape index (κ1) is 13.5. The molecule has 1 atom stereocenters. The van der Waals surface area contributed by atoms with Crippen molar-refractivity contribution in [3.05, 3.63) is 17.6 Å². The Morgan fingerprint density at radius 2 is 2.00 bits per heavy atom. The standard InChI is InChI=1S/C17H26N4/c1-2-6-16-15(5-1)17(20-12-19-16)21-9-3-4-13(11-21)10-18-14-7-8-14/h12-14,18H,1-11H2. The van der Waals surface area contributed by atoms with Crippen LogP contribution in [-0.4, -0.2) is 35.6 Å². The van der Waals surface area contributed by atoms with Gasteiger partial charge < -0.3 is 10.2 Å². The predicted molar refractivity (Wildman–Crippen MR) is 84.6 cm³/mol. The fraction of sp³-hybridized carbons (Fsp3) is 0.765. The van der Waals surface area contributed by atoms with E-state index >= 15 is 0 Å². The van der Waals surface area contributed by atoms with Crippen molar-refractivity contribution in [2.24, 2.45) is 5.92 Å². The molecule has 3 aliphatic rings. The number of aryl methyl sites for hydroxylation is 1. The van der Waals surface area contributed by atoms with Crippen LogP contribution >= 0.6 is 0 Å². The summed E-state index contributed by atoms with van der Waals surface area (Å²) in [5.41, 5.74) is 2.75. The van der Waals surface area contributed by atoms with Gasteiger partial charge in [-0.1, -0.05) is 0 Å². The number of fused-ring (bicyclic) bond motifs is 1. The van der Waals surface area contributed by atoms with Gasteiger partial charge in [-0.05, 0) is 63.8 Å². The van der Waals surface area contributed by atoms with Crippen LogP contribution in [0.15, 0.2) is 6.33 Å². The topological polar surface area (TPSA) is 41.1 Å². The summed E-state index contributed by atoms with van der Waals surface area (Å²) in [7, 11) is 0. The van der Waals surface area contributed by atoms with Crippen LogP contribution < -0.4 is 10.2 Å². The van der Waals surface area contributed by atoms with E-state index in [1.54, 1.807) is 6.33 Å². The van der Waals surface area contributed by atoms with E-state index in [-0.39, 0.29) is 0 Å². The van der Waals surface area contributed by atoms with Gasteiger partial charge in [-0.15, -0.1) is 0 Å². The summed E-state index contributed by atoms with van der Waals surface area (Å²) in [4.78, 5) is 11.7. The molecule has 1 saturated heterocycles. The summed E-state index contributed by atoms with van der Waals surface area (Å²) in [5, 5.41) is 3.70. The zero-order chi connectivity index (χ0) is 14.1. The average molecular weight is 286 g/mol. The maximum Gasteiger partial charge on any atom is 0.135 e. The molecule has 114 valence electrons. The Morgan fingerprint density at radius 1 is 1.10 bits per heavy atom. The quantitative estimate of drug-likeness (QED) is 0.922. The molecule has 1 unspecified atom stereocenters. The number of nitrogens with one attached hydrogen (secondary N) is 1. The fourth-order valence-corrected chi connectivity index (χ4v) is 3.82. The molecule has 0 radical (unpaired) electrons. The highest BCUT2D eigenvalue weighted by molar-refractivity contribution is 5.50. The van der Waals surface area contributed by atoms with Crippen LogP contribution in [0.5, 0.6) is 0 Å². The van der Waals surface area contributed by atoms with Gasteiger partial charge in [0.1, 0.15) is 12.1 Å². The third kappa shape index (κ3) is 3.05. The summed E-state index contributed by atoms with van der Waals surface area (Å²) in [6.07, 6.45) is 12.1. The molecule has 1 saturated carbocycles. The van der Waals surface area contributed by atoms with Gasteiger partial charge >= 0.3 is 0 Å². The zero-order valence-corrected chi connectivity index (χ0v) is 12.9. The van der Waals surface area contributed by atoms with E-state index in [1.165, 1.54) is 81.7 Å². The number of hydrogen-bond acceptors (Lipinski definition) is 4. The largest absolute Gasteiger partial charge is 0.356 e. The smallest absolute Gasteiger partial charge is 0.135 e. The number of hydrogen-bond donors (Lipinski definition) is 1. The molecule has 2 aliphatic carbocycles. The summed E-state index contributed by atoms with van der Waals surface area (Å²) >= 11 is 0. The molecule has 0 amide bonds. The first-order valence-electron chi connectivity index (χ1n) is 8.71. The molecule has 4 rings (SSSR count). The van der Waals surface area contributed by atoms with Gasteiger partial charge in [-0.25, -0.2) is 9.97 Å². The van der Waals surface area contributed by atoms with Crippen molar-refractivity contribution >= 4 is 5.82 Å². The maximum absolute atomic E-state index is 4.65. The third-order valence-corrected chi connectivity index (χ3v) is 5.19. The van der Waals surface area contributed by atoms with Gasteiger partial charge in [-0.3, -0.25) is 0 Å². The number of anilines is 1. The van der Waals surface area contributed by atoms with Crippen molar-refractivity contribution in [1.82, 2.24) is 15.3 Å². The fourth-order valence-electron chi connectivity index (χ4n) is 3.82. The lowest BCUT2D eigenvalue weighted by Crippen LogP contribution is -2.41. The lowest BCUT2D eigenvalue weighted by molar-refractivity contribution is 0.388. The predicted octanol–water partition coefficient (Wildman–Crippen LogP) is 2.32. The van der Waals surface area contributed by atoms with Crippen molar-refractivity contribution < 1.29 is 0 Å². The summed E-state index contributed by atoms with van der Waals surface area (Å²) in [6.45, 7) is 3.53. The summed E-state index contributed by atoms with van der Waals surface area (Å²) in [6, 6.07) is 0.826. The van der Waals surface area contributed by atoms with Crippen molar-refractivity contribution in [3.8, 4) is 0 Å². The monoisotopic (exact) mass is 286 g/mol. The Morgan fingerprint density at radius 3 is 2.90 bits per heavy atom. The maximum atomic E-state index is 4.65. The Kier molecular flexibility index (Phi) is 3.80. The van der Waals surface area contributed by atoms with E-state index < -0.39 is 0 Å². The minimum absolute atomic E-state index is 0.786. The van der Waals surface area contributed by atoms with Gasteiger partial charge in [0.05, 0.1) is 0 Å². The highest BCUT2D eigenvalue weighted by atomic mass is 15.2. The lowest BCUT2D eigenvalue weighted by Gasteiger charge is -2.35. The van der Waals surface area contributed by atoms with Crippen LogP contribution in [0.4, 0.5) is 5.82 Å². The van der Waals surface area contributed by atoms with Crippen LogP contribution in [0.25, 0.3) is 0 Å². The molecule has 1 N–H and O–H groups in total. The van der Waals surface area contributed by atoms with Gasteiger partial charge in [0.25, 0.3) is 0 Å². The Balaban J connectivity index is 1.47. The van der Waals surface area contributed by atoms with E-state index in [0.717, 1.165) is 18.4 Å². The molecule has 1 aliphatic heterocycles. The van der Waals surface area contributed by atoms with Gasteiger partial charge in [0.15, 0.2) is 0 Å². The molecule has 1 aromatic rings. The second-order valence-electron chi connectivity index (χ2n) is 6.97. The molecule has 0 bridgehead atoms. The summed E-state index contributed by atoms with van der Waals surface area (Å²) < 4.78 is 0. The number of piperidine rings is 1. The Bertz CT molecular complexity index is 498. The van der Waals surface area contributed by atoms with E-state index in [9.17, 15) is 0 Å². The van der Waals surface area contributed by atoms with E-state index in [4.69, 9.17) is 0 Å². The van der Waals surface area contributed by atoms with Crippen LogP contribution in [0.3, 0.4) is 0 Å². The van der Waals surface area contributed by atoms with Crippen molar-refractivity contribution in [2.75, 3.05) is 24.5 Å². The lowest BCUT2D eigenvalue weighted by atomic mass is 9.94. The minimum Gasteiger partial charge on any atom is -0.356 e. The van der Waals surface area contributed by atoms with Gasteiger partial charge in [0.2, 0.25) is 0 Å². The van der Waals surface area contributed by atoms with E-state index in [1.807, 2.05) is 0 Å². The van der Waals surface area contributed by atoms with E-state index in [0.29, 0.717) is 0 Å². The number of rotatable bonds is 4. The molecule has 0 spiro atoms. The molecule has 0 aromatic carbocycles. The number of aromatic nitrogens is 2. The first-order valence-corrected chi connectivity index (χ1v) is 8.71. The van der Waals surface area contributed by atoms with Crippen LogP contribution in [0, 0.1) is 5.92 Å². The van der Waals surface area contributed by atoms with Crippen LogP contribution in [0.2, 0.25) is 0 Å². The van der Waals surface area contributed by atoms with Gasteiger partial charge in [-0.2, -0.15) is 0 Å². The van der Waals surface area contributed by atoms with Crippen molar-refractivity contribution in [1.29, 1.82) is 0 Å². The molecule has 2 fully saturated rings. The van der Waals surface area contributed by atoms with E-state index in [2.05, 4.69) is 20.2 Å². The molecule has 2 heterocycles. The minimum atomic E-state index is 0.786.